The summed E-state index contributed by atoms with van der Waals surface area (Å²) in [6.45, 7) is 1.76. The lowest BCUT2D eigenvalue weighted by Crippen LogP contribution is -2.40. The molecule has 2 aromatic heterocycles. The molecule has 0 saturated heterocycles. The van der Waals surface area contributed by atoms with E-state index in [-0.39, 0.29) is 6.54 Å². The molecular formula is C13H14ClN3O2S. The quantitative estimate of drug-likeness (QED) is 0.760. The minimum Gasteiger partial charge on any atom is -0.384 e. The molecule has 20 heavy (non-hydrogen) atoms. The molecular weight excluding hydrogens is 298 g/mol. The maximum atomic E-state index is 11.7. The number of rotatable bonds is 4. The number of nitrogens with zero attached hydrogens (tertiary/aromatic N) is 1. The zero-order valence-electron chi connectivity index (χ0n) is 10.8. The third-order valence-corrected chi connectivity index (χ3v) is 3.63. The molecule has 1 unspecified atom stereocenters. The van der Waals surface area contributed by atoms with Gasteiger partial charge in [0.1, 0.15) is 10.8 Å². The molecule has 0 radical (unpaired) electrons. The lowest BCUT2D eigenvalue weighted by Gasteiger charge is -2.22. The fourth-order valence-electron chi connectivity index (χ4n) is 1.55. The molecule has 1 atom stereocenters. The van der Waals surface area contributed by atoms with Crippen molar-refractivity contribution in [3.63, 3.8) is 0 Å². The fraction of sp³-hybridized carbons (Fsp3) is 0.231. The molecule has 0 aliphatic heterocycles. The molecule has 0 aliphatic carbocycles. The van der Waals surface area contributed by atoms with Crippen molar-refractivity contribution in [1.82, 2.24) is 10.3 Å². The van der Waals surface area contributed by atoms with E-state index in [1.54, 1.807) is 19.1 Å². The first kappa shape index (κ1) is 14.8. The number of hydrogen-bond donors (Lipinski definition) is 3. The van der Waals surface area contributed by atoms with Gasteiger partial charge < -0.3 is 15.7 Å². The van der Waals surface area contributed by atoms with E-state index in [0.29, 0.717) is 10.8 Å². The normalized spacial score (nSPS) is 13.6. The van der Waals surface area contributed by atoms with Crippen LogP contribution < -0.4 is 10.6 Å². The largest absolute Gasteiger partial charge is 0.384 e. The van der Waals surface area contributed by atoms with Crippen molar-refractivity contribution in [1.29, 1.82) is 0 Å². The van der Waals surface area contributed by atoms with E-state index >= 15 is 0 Å². The van der Waals surface area contributed by atoms with E-state index in [0.717, 1.165) is 5.56 Å². The van der Waals surface area contributed by atoms with E-state index < -0.39 is 11.6 Å². The lowest BCUT2D eigenvalue weighted by atomic mass is 9.99. The van der Waals surface area contributed by atoms with Gasteiger partial charge in [-0.05, 0) is 41.4 Å². The predicted molar refractivity (Wildman–Crippen MR) is 80.2 cm³/mol. The number of urea groups is 1. The van der Waals surface area contributed by atoms with Gasteiger partial charge in [-0.3, -0.25) is 0 Å². The molecule has 2 rings (SSSR count). The maximum absolute atomic E-state index is 11.7. The summed E-state index contributed by atoms with van der Waals surface area (Å²) in [6.07, 6.45) is 1.46. The number of amides is 2. The second-order valence-corrected chi connectivity index (χ2v) is 5.63. The number of aromatic nitrogens is 1. The summed E-state index contributed by atoms with van der Waals surface area (Å²) < 4.78 is 0. The summed E-state index contributed by atoms with van der Waals surface area (Å²) in [7, 11) is 0. The highest BCUT2D eigenvalue weighted by atomic mass is 35.5. The Labute approximate surface area is 125 Å². The van der Waals surface area contributed by atoms with Crippen molar-refractivity contribution in [3.8, 4) is 0 Å². The summed E-state index contributed by atoms with van der Waals surface area (Å²) in [4.78, 5) is 15.6. The van der Waals surface area contributed by atoms with Crippen LogP contribution in [-0.2, 0) is 5.60 Å². The van der Waals surface area contributed by atoms with Gasteiger partial charge in [-0.1, -0.05) is 11.6 Å². The minimum absolute atomic E-state index is 0.108. The third kappa shape index (κ3) is 3.93. The molecule has 5 nitrogen and oxygen atoms in total. The van der Waals surface area contributed by atoms with Crippen molar-refractivity contribution < 1.29 is 9.90 Å². The number of pyridine rings is 1. The molecule has 106 valence electrons. The van der Waals surface area contributed by atoms with Gasteiger partial charge in [0, 0.05) is 0 Å². The monoisotopic (exact) mass is 311 g/mol. The molecule has 3 N–H and O–H groups in total. The highest BCUT2D eigenvalue weighted by Crippen LogP contribution is 2.22. The van der Waals surface area contributed by atoms with E-state index in [9.17, 15) is 9.90 Å². The van der Waals surface area contributed by atoms with Crippen LogP contribution in [0.3, 0.4) is 0 Å². The summed E-state index contributed by atoms with van der Waals surface area (Å²) in [5.41, 5.74) is 0.202. The number of hydrogen-bond acceptors (Lipinski definition) is 4. The van der Waals surface area contributed by atoms with E-state index in [2.05, 4.69) is 15.6 Å². The Morgan fingerprint density at radius 2 is 2.30 bits per heavy atom. The van der Waals surface area contributed by atoms with Gasteiger partial charge in [0.2, 0.25) is 0 Å². The van der Waals surface area contributed by atoms with Gasteiger partial charge in [-0.15, -0.1) is 0 Å². The van der Waals surface area contributed by atoms with Crippen molar-refractivity contribution in [3.05, 3.63) is 45.9 Å². The Hall–Kier alpha value is -1.63. The molecule has 2 amide bonds. The van der Waals surface area contributed by atoms with Crippen LogP contribution in [0.25, 0.3) is 0 Å². The van der Waals surface area contributed by atoms with Crippen LogP contribution in [-0.4, -0.2) is 22.7 Å². The summed E-state index contributed by atoms with van der Waals surface area (Å²) >= 11 is 7.15. The third-order valence-electron chi connectivity index (χ3n) is 2.72. The number of thiophene rings is 1. The molecule has 0 saturated carbocycles. The van der Waals surface area contributed by atoms with Gasteiger partial charge in [-0.2, -0.15) is 11.3 Å². The van der Waals surface area contributed by atoms with Crippen LogP contribution in [0.5, 0.6) is 0 Å². The highest BCUT2D eigenvalue weighted by molar-refractivity contribution is 7.08. The van der Waals surface area contributed by atoms with Crippen molar-refractivity contribution in [2.24, 2.45) is 0 Å². The molecule has 0 aliphatic rings. The highest BCUT2D eigenvalue weighted by Gasteiger charge is 2.24. The predicted octanol–water partition coefficient (Wildman–Crippen LogP) is 2.83. The lowest BCUT2D eigenvalue weighted by molar-refractivity contribution is 0.0604. The van der Waals surface area contributed by atoms with Gasteiger partial charge in [0.15, 0.2) is 0 Å². The van der Waals surface area contributed by atoms with Crippen LogP contribution in [0.1, 0.15) is 12.5 Å². The van der Waals surface area contributed by atoms with Crippen molar-refractivity contribution in [2.75, 3.05) is 11.9 Å². The number of anilines is 1. The first-order chi connectivity index (χ1) is 9.47. The Bertz CT molecular complexity index is 570. The molecule has 7 heteroatoms. The first-order valence-electron chi connectivity index (χ1n) is 5.89. The second-order valence-electron chi connectivity index (χ2n) is 4.46. The van der Waals surface area contributed by atoms with Crippen LogP contribution in [0.4, 0.5) is 10.5 Å². The summed E-state index contributed by atoms with van der Waals surface area (Å²) in [5.74, 6) is 0. The Morgan fingerprint density at radius 1 is 1.50 bits per heavy atom. The van der Waals surface area contributed by atoms with Crippen molar-refractivity contribution in [2.45, 2.75) is 12.5 Å². The Balaban J connectivity index is 1.88. The zero-order valence-corrected chi connectivity index (χ0v) is 12.3. The maximum Gasteiger partial charge on any atom is 0.319 e. The van der Waals surface area contributed by atoms with Crippen LogP contribution in [0.2, 0.25) is 5.15 Å². The Kier molecular flexibility index (Phi) is 4.59. The minimum atomic E-state index is -1.10. The Morgan fingerprint density at radius 3 is 2.90 bits per heavy atom. The zero-order chi connectivity index (χ0) is 14.6. The molecule has 2 heterocycles. The second kappa shape index (κ2) is 6.21. The number of aliphatic hydroxyl groups is 1. The molecule has 0 fully saturated rings. The standard InChI is InChI=1S/C13H14ClN3O2S/c1-13(19,9-4-5-20-7-9)8-16-12(18)17-10-2-3-11(14)15-6-10/h2-7,19H,8H2,1H3,(H2,16,17,18). The topological polar surface area (TPSA) is 74.2 Å². The van der Waals surface area contributed by atoms with Gasteiger partial charge >= 0.3 is 6.03 Å². The van der Waals surface area contributed by atoms with Crippen LogP contribution in [0.15, 0.2) is 35.2 Å². The average Bonchev–Trinajstić information content (AvgIpc) is 2.94. The average molecular weight is 312 g/mol. The van der Waals surface area contributed by atoms with Gasteiger partial charge in [0.25, 0.3) is 0 Å². The molecule has 0 spiro atoms. The van der Waals surface area contributed by atoms with Crippen LogP contribution >= 0.6 is 22.9 Å². The van der Waals surface area contributed by atoms with Crippen molar-refractivity contribution >= 4 is 34.7 Å². The molecule has 0 aromatic carbocycles. The van der Waals surface area contributed by atoms with E-state index in [1.807, 2.05) is 16.8 Å². The molecule has 0 bridgehead atoms. The van der Waals surface area contributed by atoms with Crippen LogP contribution in [0, 0.1) is 0 Å². The smallest absolute Gasteiger partial charge is 0.319 e. The SMILES string of the molecule is CC(O)(CNC(=O)Nc1ccc(Cl)nc1)c1ccsc1. The number of halogens is 1. The van der Waals surface area contributed by atoms with E-state index in [4.69, 9.17) is 11.6 Å². The fourth-order valence-corrected chi connectivity index (χ4v) is 2.45. The number of carbonyl (C=O) groups is 1. The summed E-state index contributed by atoms with van der Waals surface area (Å²) in [6, 6.07) is 4.64. The van der Waals surface area contributed by atoms with Gasteiger partial charge in [0.05, 0.1) is 18.4 Å². The van der Waals surface area contributed by atoms with Gasteiger partial charge in [-0.25, -0.2) is 9.78 Å². The number of nitrogens with one attached hydrogen (secondary N) is 2. The first-order valence-corrected chi connectivity index (χ1v) is 7.21. The summed E-state index contributed by atoms with van der Waals surface area (Å²) in [5, 5.41) is 19.6. The molecule has 2 aromatic rings. The number of carbonyl (C=O) groups excluding carboxylic acids is 1. The van der Waals surface area contributed by atoms with E-state index in [1.165, 1.54) is 17.5 Å².